The van der Waals surface area contributed by atoms with Gasteiger partial charge in [-0.15, -0.1) is 0 Å². The van der Waals surface area contributed by atoms with Gasteiger partial charge in [-0.05, 0) is 44.5 Å². The molecule has 0 radical (unpaired) electrons. The number of benzene rings is 1. The first-order chi connectivity index (χ1) is 10.4. The first-order valence-corrected chi connectivity index (χ1v) is 7.49. The van der Waals surface area contributed by atoms with E-state index in [-0.39, 0.29) is 11.9 Å². The predicted octanol–water partition coefficient (Wildman–Crippen LogP) is 1.97. The molecule has 1 aromatic heterocycles. The minimum atomic E-state index is -0.00406. The van der Waals surface area contributed by atoms with Crippen molar-refractivity contribution in [2.75, 3.05) is 13.6 Å². The van der Waals surface area contributed by atoms with Crippen LogP contribution in [0.25, 0.3) is 0 Å². The molecule has 2 rings (SSSR count). The normalized spacial score (nSPS) is 12.2. The van der Waals surface area contributed by atoms with Gasteiger partial charge in [-0.1, -0.05) is 12.1 Å². The van der Waals surface area contributed by atoms with Crippen LogP contribution in [-0.4, -0.2) is 40.2 Å². The first-order valence-electron chi connectivity index (χ1n) is 7.49. The number of amides is 1. The maximum Gasteiger partial charge on any atom is 0.253 e. The monoisotopic (exact) mass is 300 g/mol. The molecule has 5 heteroatoms. The van der Waals surface area contributed by atoms with E-state index in [0.29, 0.717) is 18.7 Å². The van der Waals surface area contributed by atoms with Crippen molar-refractivity contribution in [3.05, 3.63) is 52.8 Å². The Balaban J connectivity index is 2.10. The largest absolute Gasteiger partial charge is 0.338 e. The Bertz CT molecular complexity index is 645. The zero-order valence-electron chi connectivity index (χ0n) is 13.7. The fourth-order valence-corrected chi connectivity index (χ4v) is 2.32. The van der Waals surface area contributed by atoms with E-state index in [4.69, 9.17) is 5.73 Å². The van der Waals surface area contributed by atoms with E-state index in [2.05, 4.69) is 11.2 Å². The van der Waals surface area contributed by atoms with Gasteiger partial charge in [0.15, 0.2) is 0 Å². The van der Waals surface area contributed by atoms with Gasteiger partial charge in [-0.3, -0.25) is 9.48 Å². The SMILES string of the molecule is Cc1cc(C)n(Cc2ccc(C(=O)N(C)C(C)CN)cc2)n1. The van der Waals surface area contributed by atoms with Crippen LogP contribution in [0.1, 0.15) is 34.2 Å². The molecule has 1 unspecified atom stereocenters. The summed E-state index contributed by atoms with van der Waals surface area (Å²) in [6, 6.07) is 9.77. The number of carbonyl (C=O) groups is 1. The Morgan fingerprint density at radius 3 is 2.45 bits per heavy atom. The Labute approximate surface area is 131 Å². The quantitative estimate of drug-likeness (QED) is 0.918. The molecule has 22 heavy (non-hydrogen) atoms. The molecule has 2 aromatic rings. The lowest BCUT2D eigenvalue weighted by molar-refractivity contribution is 0.0748. The van der Waals surface area contributed by atoms with Gasteiger partial charge in [0.05, 0.1) is 12.2 Å². The standard InChI is InChI=1S/C17H24N4O/c1-12-9-13(2)21(19-12)11-15-5-7-16(8-6-15)17(22)20(4)14(3)10-18/h5-9,14H,10-11,18H2,1-4H3. The van der Waals surface area contributed by atoms with Crippen LogP contribution in [-0.2, 0) is 6.54 Å². The summed E-state index contributed by atoms with van der Waals surface area (Å²) in [7, 11) is 1.78. The summed E-state index contributed by atoms with van der Waals surface area (Å²) in [6.07, 6.45) is 0. The molecule has 0 aliphatic heterocycles. The first kappa shape index (κ1) is 16.2. The van der Waals surface area contributed by atoms with Crippen LogP contribution >= 0.6 is 0 Å². The van der Waals surface area contributed by atoms with E-state index in [0.717, 1.165) is 17.0 Å². The summed E-state index contributed by atoms with van der Waals surface area (Å²) in [4.78, 5) is 14.0. The van der Waals surface area contributed by atoms with Gasteiger partial charge >= 0.3 is 0 Å². The Kier molecular flexibility index (Phi) is 4.98. The zero-order valence-corrected chi connectivity index (χ0v) is 13.7. The van der Waals surface area contributed by atoms with Gasteiger partial charge in [0, 0.05) is 30.9 Å². The van der Waals surface area contributed by atoms with Crippen molar-refractivity contribution >= 4 is 5.91 Å². The molecule has 0 fully saturated rings. The molecule has 1 aromatic carbocycles. The van der Waals surface area contributed by atoms with Crippen molar-refractivity contribution < 1.29 is 4.79 Å². The molecule has 118 valence electrons. The molecule has 0 bridgehead atoms. The van der Waals surface area contributed by atoms with Crippen LogP contribution in [0.4, 0.5) is 0 Å². The molecule has 0 saturated carbocycles. The molecule has 0 spiro atoms. The number of nitrogens with zero attached hydrogens (tertiary/aromatic N) is 3. The van der Waals surface area contributed by atoms with E-state index in [9.17, 15) is 4.79 Å². The van der Waals surface area contributed by atoms with Crippen molar-refractivity contribution in [3.63, 3.8) is 0 Å². The van der Waals surface area contributed by atoms with Gasteiger partial charge in [0.25, 0.3) is 5.91 Å². The lowest BCUT2D eigenvalue weighted by atomic mass is 10.1. The number of carbonyl (C=O) groups excluding carboxylic acids is 1. The van der Waals surface area contributed by atoms with Crippen LogP contribution in [0, 0.1) is 13.8 Å². The van der Waals surface area contributed by atoms with Crippen LogP contribution in [0.3, 0.4) is 0 Å². The maximum absolute atomic E-state index is 12.3. The molecule has 0 aliphatic rings. The number of hydrogen-bond donors (Lipinski definition) is 1. The molecular formula is C17H24N4O. The molecule has 5 nitrogen and oxygen atoms in total. The van der Waals surface area contributed by atoms with Crippen molar-refractivity contribution in [2.45, 2.75) is 33.4 Å². The highest BCUT2D eigenvalue weighted by molar-refractivity contribution is 5.94. The fourth-order valence-electron chi connectivity index (χ4n) is 2.32. The Morgan fingerprint density at radius 1 is 1.32 bits per heavy atom. The van der Waals surface area contributed by atoms with Crippen LogP contribution < -0.4 is 5.73 Å². The predicted molar refractivity (Wildman–Crippen MR) is 87.9 cm³/mol. The highest BCUT2D eigenvalue weighted by Crippen LogP contribution is 2.11. The van der Waals surface area contributed by atoms with Gasteiger partial charge in [-0.2, -0.15) is 5.10 Å². The Morgan fingerprint density at radius 2 is 1.95 bits per heavy atom. The van der Waals surface area contributed by atoms with Gasteiger partial charge in [0.2, 0.25) is 0 Å². The molecular weight excluding hydrogens is 276 g/mol. The smallest absolute Gasteiger partial charge is 0.253 e. The second-order valence-corrected chi connectivity index (χ2v) is 5.78. The van der Waals surface area contributed by atoms with Crippen LogP contribution in [0.5, 0.6) is 0 Å². The maximum atomic E-state index is 12.3. The average molecular weight is 300 g/mol. The van der Waals surface area contributed by atoms with Crippen molar-refractivity contribution in [2.24, 2.45) is 5.73 Å². The van der Waals surface area contributed by atoms with Gasteiger partial charge < -0.3 is 10.6 Å². The van der Waals surface area contributed by atoms with Crippen LogP contribution in [0.15, 0.2) is 30.3 Å². The number of hydrogen-bond acceptors (Lipinski definition) is 3. The molecule has 1 atom stereocenters. The third kappa shape index (κ3) is 3.54. The van der Waals surface area contributed by atoms with Crippen molar-refractivity contribution in [1.29, 1.82) is 0 Å². The van der Waals surface area contributed by atoms with Crippen LogP contribution in [0.2, 0.25) is 0 Å². The number of aryl methyl sites for hydroxylation is 2. The summed E-state index contributed by atoms with van der Waals surface area (Å²) in [6.45, 7) is 7.14. The zero-order chi connectivity index (χ0) is 16.3. The highest BCUT2D eigenvalue weighted by Gasteiger charge is 2.16. The van der Waals surface area contributed by atoms with Crippen molar-refractivity contribution in [3.8, 4) is 0 Å². The molecule has 0 saturated heterocycles. The summed E-state index contributed by atoms with van der Waals surface area (Å²) >= 11 is 0. The third-order valence-electron chi connectivity index (χ3n) is 3.96. The lowest BCUT2D eigenvalue weighted by Gasteiger charge is -2.23. The third-order valence-corrected chi connectivity index (χ3v) is 3.96. The van der Waals surface area contributed by atoms with E-state index in [1.54, 1.807) is 11.9 Å². The number of aromatic nitrogens is 2. The summed E-state index contributed by atoms with van der Waals surface area (Å²) in [5.74, 6) is -0.00406. The van der Waals surface area contributed by atoms with E-state index < -0.39 is 0 Å². The van der Waals surface area contributed by atoms with Crippen molar-refractivity contribution in [1.82, 2.24) is 14.7 Å². The summed E-state index contributed by atoms with van der Waals surface area (Å²) < 4.78 is 1.97. The van der Waals surface area contributed by atoms with Gasteiger partial charge in [-0.25, -0.2) is 0 Å². The molecule has 2 N–H and O–H groups in total. The van der Waals surface area contributed by atoms with Gasteiger partial charge in [0.1, 0.15) is 0 Å². The number of rotatable bonds is 5. The number of likely N-dealkylation sites (N-methyl/N-ethyl adjacent to an activating group) is 1. The molecule has 1 heterocycles. The Hall–Kier alpha value is -2.14. The molecule has 1 amide bonds. The van der Waals surface area contributed by atoms with E-state index in [1.807, 2.05) is 49.7 Å². The second-order valence-electron chi connectivity index (χ2n) is 5.78. The fraction of sp³-hybridized carbons (Fsp3) is 0.412. The average Bonchev–Trinajstić information content (AvgIpc) is 2.83. The summed E-state index contributed by atoms with van der Waals surface area (Å²) in [5, 5.41) is 4.45. The van der Waals surface area contributed by atoms with E-state index in [1.165, 1.54) is 0 Å². The lowest BCUT2D eigenvalue weighted by Crippen LogP contribution is -2.39. The highest BCUT2D eigenvalue weighted by atomic mass is 16.2. The van der Waals surface area contributed by atoms with E-state index >= 15 is 0 Å². The summed E-state index contributed by atoms with van der Waals surface area (Å²) in [5.41, 5.74) is 9.56. The minimum Gasteiger partial charge on any atom is -0.338 e. The molecule has 0 aliphatic carbocycles. The topological polar surface area (TPSA) is 64.2 Å². The number of nitrogens with two attached hydrogens (primary N) is 1. The minimum absolute atomic E-state index is 0.00406. The second kappa shape index (κ2) is 6.75.